The average Bonchev–Trinajstić information content (AvgIpc) is 3.49. The lowest BCUT2D eigenvalue weighted by Crippen LogP contribution is -2.30. The molecule has 0 aliphatic heterocycles. The molecule has 0 saturated carbocycles. The number of esters is 3. The third kappa shape index (κ3) is 69.3. The quantitative estimate of drug-likeness (QED) is 0.0261. The topological polar surface area (TPSA) is 78.9 Å². The maximum Gasteiger partial charge on any atom is 0.306 e. The van der Waals surface area contributed by atoms with Crippen LogP contribution in [0.3, 0.4) is 0 Å². The van der Waals surface area contributed by atoms with Gasteiger partial charge in [0, 0.05) is 19.3 Å². The zero-order chi connectivity index (χ0) is 59.9. The fraction of sp³-hybridized carbons (Fsp3) is 0.779. The van der Waals surface area contributed by atoms with Crippen LogP contribution in [0.1, 0.15) is 367 Å². The molecule has 6 nitrogen and oxygen atoms in total. The Labute approximate surface area is 515 Å². The SMILES string of the molecule is CCCCC/C=C\C/C=C\C/C=C\CCCCCCCCC(=O)OC(COC(=O)CCCCCCC/C=C\CCCCCC)COC(=O)CCCCCCCCCCCCCCCCCCCC/C=C\C/C=C\C/C=C\CCCCCCC. The Balaban J connectivity index is 4.19. The molecule has 0 aliphatic carbocycles. The molecule has 0 rings (SSSR count). The van der Waals surface area contributed by atoms with Crippen molar-refractivity contribution >= 4 is 17.9 Å². The molecule has 83 heavy (non-hydrogen) atoms. The highest BCUT2D eigenvalue weighted by Gasteiger charge is 2.19. The molecule has 0 saturated heterocycles. The monoisotopic (exact) mass is 1160 g/mol. The first-order valence-electron chi connectivity index (χ1n) is 36.1. The van der Waals surface area contributed by atoms with Crippen LogP contribution >= 0.6 is 0 Å². The predicted molar refractivity (Wildman–Crippen MR) is 362 cm³/mol. The smallest absolute Gasteiger partial charge is 0.306 e. The van der Waals surface area contributed by atoms with E-state index in [0.29, 0.717) is 19.3 Å². The number of hydrogen-bond donors (Lipinski definition) is 0. The second-order valence-corrected chi connectivity index (χ2v) is 24.1. The predicted octanol–water partition coefficient (Wildman–Crippen LogP) is 25.0. The van der Waals surface area contributed by atoms with E-state index in [2.05, 4.69) is 106 Å². The normalized spacial score (nSPS) is 12.6. The van der Waals surface area contributed by atoms with Gasteiger partial charge < -0.3 is 14.2 Å². The van der Waals surface area contributed by atoms with E-state index in [0.717, 1.165) is 103 Å². The molecular weight excluding hydrogens is 1020 g/mol. The largest absolute Gasteiger partial charge is 0.462 e. The average molecular weight is 1160 g/mol. The molecule has 0 bridgehead atoms. The highest BCUT2D eigenvalue weighted by molar-refractivity contribution is 5.71. The van der Waals surface area contributed by atoms with Crippen LogP contribution < -0.4 is 0 Å². The van der Waals surface area contributed by atoms with Crippen molar-refractivity contribution < 1.29 is 28.6 Å². The third-order valence-electron chi connectivity index (χ3n) is 15.8. The van der Waals surface area contributed by atoms with Crippen molar-refractivity contribution in [3.63, 3.8) is 0 Å². The number of carbonyl (C=O) groups is 3. The van der Waals surface area contributed by atoms with Crippen molar-refractivity contribution in [2.75, 3.05) is 13.2 Å². The van der Waals surface area contributed by atoms with Crippen LogP contribution in [0.25, 0.3) is 0 Å². The Morgan fingerprint density at radius 2 is 0.434 bits per heavy atom. The first-order chi connectivity index (χ1) is 41.0. The van der Waals surface area contributed by atoms with Crippen LogP contribution in [0.15, 0.2) is 85.1 Å². The van der Waals surface area contributed by atoms with Gasteiger partial charge in [-0.15, -0.1) is 0 Å². The van der Waals surface area contributed by atoms with E-state index < -0.39 is 6.10 Å². The van der Waals surface area contributed by atoms with Crippen molar-refractivity contribution in [2.45, 2.75) is 374 Å². The molecule has 0 spiro atoms. The molecule has 1 atom stereocenters. The standard InChI is InChI=1S/C77H136O6/c1-4-7-10-13-16-19-22-25-27-29-31-32-33-34-35-36-37-38-39-40-41-42-43-44-46-47-49-52-55-58-61-64-67-70-76(79)82-73-74(72-81-75(78)69-66-63-60-57-54-51-24-21-18-15-12-9-6-3)83-77(80)71-68-65-62-59-56-53-50-48-45-30-28-26-23-20-17-14-11-8-5-2/h17,20-22,24-26,28-29,31,33-34,45,48,74H,4-16,18-19,23,27,30,32,35-44,46-47,49-73H2,1-3H3/b20-17-,24-21-,25-22-,28-26-,31-29-,34-33-,48-45-. The molecule has 0 radical (unpaired) electrons. The maximum atomic E-state index is 12.9. The van der Waals surface area contributed by atoms with Gasteiger partial charge in [-0.05, 0) is 122 Å². The van der Waals surface area contributed by atoms with Crippen LogP contribution in [0, 0.1) is 0 Å². The molecule has 0 aliphatic rings. The molecule has 0 fully saturated rings. The molecule has 6 heteroatoms. The summed E-state index contributed by atoms with van der Waals surface area (Å²) in [5.74, 6) is -0.886. The molecule has 480 valence electrons. The Hall–Kier alpha value is -3.41. The highest BCUT2D eigenvalue weighted by atomic mass is 16.6. The number of allylic oxidation sites excluding steroid dienone is 14. The van der Waals surface area contributed by atoms with Gasteiger partial charge in [0.25, 0.3) is 0 Å². The van der Waals surface area contributed by atoms with E-state index in [9.17, 15) is 14.4 Å². The fourth-order valence-electron chi connectivity index (χ4n) is 10.4. The van der Waals surface area contributed by atoms with Gasteiger partial charge in [-0.1, -0.05) is 311 Å². The lowest BCUT2D eigenvalue weighted by molar-refractivity contribution is -0.167. The number of rotatable bonds is 66. The highest BCUT2D eigenvalue weighted by Crippen LogP contribution is 2.17. The van der Waals surface area contributed by atoms with E-state index in [1.54, 1.807) is 0 Å². The number of carbonyl (C=O) groups excluding carboxylic acids is 3. The number of hydrogen-bond acceptors (Lipinski definition) is 6. The van der Waals surface area contributed by atoms with Gasteiger partial charge in [0.05, 0.1) is 0 Å². The van der Waals surface area contributed by atoms with Crippen LogP contribution in [0.4, 0.5) is 0 Å². The Kier molecular flexibility index (Phi) is 68.2. The molecular formula is C77H136O6. The van der Waals surface area contributed by atoms with E-state index in [1.165, 1.54) is 225 Å². The van der Waals surface area contributed by atoms with E-state index in [-0.39, 0.29) is 31.1 Å². The van der Waals surface area contributed by atoms with Crippen molar-refractivity contribution in [2.24, 2.45) is 0 Å². The first-order valence-corrected chi connectivity index (χ1v) is 36.1. The molecule has 0 amide bonds. The second-order valence-electron chi connectivity index (χ2n) is 24.1. The van der Waals surface area contributed by atoms with Crippen molar-refractivity contribution in [3.8, 4) is 0 Å². The van der Waals surface area contributed by atoms with Crippen LogP contribution in [0.2, 0.25) is 0 Å². The summed E-state index contributed by atoms with van der Waals surface area (Å²) in [6.07, 6.45) is 94.8. The zero-order valence-corrected chi connectivity index (χ0v) is 55.2. The summed E-state index contributed by atoms with van der Waals surface area (Å²) in [5.41, 5.74) is 0. The van der Waals surface area contributed by atoms with Gasteiger partial charge in [-0.25, -0.2) is 0 Å². The summed E-state index contributed by atoms with van der Waals surface area (Å²) in [6.45, 7) is 6.61. The summed E-state index contributed by atoms with van der Waals surface area (Å²) in [4.78, 5) is 38.4. The lowest BCUT2D eigenvalue weighted by Gasteiger charge is -2.18. The van der Waals surface area contributed by atoms with Crippen molar-refractivity contribution in [3.05, 3.63) is 85.1 Å². The molecule has 0 heterocycles. The van der Waals surface area contributed by atoms with E-state index in [4.69, 9.17) is 14.2 Å². The summed E-state index contributed by atoms with van der Waals surface area (Å²) in [5, 5.41) is 0. The van der Waals surface area contributed by atoms with Gasteiger partial charge >= 0.3 is 17.9 Å². The number of unbranched alkanes of at least 4 members (excludes halogenated alkanes) is 41. The van der Waals surface area contributed by atoms with Crippen molar-refractivity contribution in [1.29, 1.82) is 0 Å². The van der Waals surface area contributed by atoms with Crippen LogP contribution in [0.5, 0.6) is 0 Å². The third-order valence-corrected chi connectivity index (χ3v) is 15.8. The minimum atomic E-state index is -0.787. The lowest BCUT2D eigenvalue weighted by atomic mass is 10.0. The van der Waals surface area contributed by atoms with E-state index >= 15 is 0 Å². The van der Waals surface area contributed by atoms with Gasteiger partial charge in [-0.3, -0.25) is 14.4 Å². The maximum absolute atomic E-state index is 12.9. The van der Waals surface area contributed by atoms with Gasteiger partial charge in [0.1, 0.15) is 13.2 Å². The minimum Gasteiger partial charge on any atom is -0.462 e. The van der Waals surface area contributed by atoms with E-state index in [1.807, 2.05) is 0 Å². The Morgan fingerprint density at radius 1 is 0.241 bits per heavy atom. The molecule has 0 aromatic heterocycles. The molecule has 0 aromatic rings. The van der Waals surface area contributed by atoms with Gasteiger partial charge in [0.2, 0.25) is 0 Å². The zero-order valence-electron chi connectivity index (χ0n) is 55.2. The Morgan fingerprint density at radius 3 is 0.723 bits per heavy atom. The molecule has 0 N–H and O–H groups in total. The van der Waals surface area contributed by atoms with Gasteiger partial charge in [0.15, 0.2) is 6.10 Å². The summed E-state index contributed by atoms with van der Waals surface area (Å²) in [7, 11) is 0. The summed E-state index contributed by atoms with van der Waals surface area (Å²) >= 11 is 0. The molecule has 1 unspecified atom stereocenters. The molecule has 0 aromatic carbocycles. The van der Waals surface area contributed by atoms with Crippen LogP contribution in [-0.4, -0.2) is 37.2 Å². The second kappa shape index (κ2) is 71.1. The Bertz CT molecular complexity index is 1570. The first kappa shape index (κ1) is 79.6. The van der Waals surface area contributed by atoms with Crippen LogP contribution in [-0.2, 0) is 28.6 Å². The minimum absolute atomic E-state index is 0.0815. The fourth-order valence-corrected chi connectivity index (χ4v) is 10.4. The van der Waals surface area contributed by atoms with Gasteiger partial charge in [-0.2, -0.15) is 0 Å². The van der Waals surface area contributed by atoms with Crippen molar-refractivity contribution in [1.82, 2.24) is 0 Å². The summed E-state index contributed by atoms with van der Waals surface area (Å²) < 4.78 is 17.0. The number of ether oxygens (including phenoxy) is 3. The summed E-state index contributed by atoms with van der Waals surface area (Å²) in [6, 6.07) is 0.